The predicted molar refractivity (Wildman–Crippen MR) is 66.9 cm³/mol. The zero-order valence-electron chi connectivity index (χ0n) is 8.82. The van der Waals surface area contributed by atoms with Crippen LogP contribution in [0.2, 0.25) is 0 Å². The van der Waals surface area contributed by atoms with Crippen molar-refractivity contribution in [2.75, 3.05) is 11.0 Å². The van der Waals surface area contributed by atoms with E-state index in [2.05, 4.69) is 27.9 Å². The van der Waals surface area contributed by atoms with Crippen molar-refractivity contribution in [3.05, 3.63) is 34.9 Å². The van der Waals surface area contributed by atoms with Crippen LogP contribution < -0.4 is 5.32 Å². The van der Waals surface area contributed by atoms with Crippen LogP contribution in [0.4, 0.5) is 8.78 Å². The zero-order valence-corrected chi connectivity index (χ0v) is 11.0. The third kappa shape index (κ3) is 3.40. The highest BCUT2D eigenvalue weighted by Gasteiger charge is 2.13. The molecule has 0 fully saturated rings. The Morgan fingerprint density at radius 1 is 1.38 bits per heavy atom. The van der Waals surface area contributed by atoms with E-state index in [0.29, 0.717) is 6.54 Å². The van der Waals surface area contributed by atoms with Crippen LogP contribution in [-0.4, -0.2) is 16.9 Å². The van der Waals surface area contributed by atoms with Gasteiger partial charge < -0.3 is 5.32 Å². The van der Waals surface area contributed by atoms with E-state index in [9.17, 15) is 13.6 Å². The van der Waals surface area contributed by atoms with Crippen molar-refractivity contribution < 1.29 is 13.6 Å². The number of hydrogen-bond donors (Lipinski definition) is 1. The fourth-order valence-electron chi connectivity index (χ4n) is 1.20. The van der Waals surface area contributed by atoms with Gasteiger partial charge in [0, 0.05) is 17.0 Å². The number of nitrogens with one attached hydrogen (secondary N) is 1. The van der Waals surface area contributed by atoms with Crippen molar-refractivity contribution >= 4 is 28.5 Å². The molecule has 0 unspecified atom stereocenters. The van der Waals surface area contributed by atoms with Gasteiger partial charge in [-0.1, -0.05) is 22.6 Å². The lowest BCUT2D eigenvalue weighted by atomic mass is 10.1. The second kappa shape index (κ2) is 6.12. The molecule has 88 valence electrons. The maximum atomic E-state index is 13.3. The normalized spacial score (nSPS) is 10.2. The Labute approximate surface area is 107 Å². The molecule has 0 radical (unpaired) electrons. The summed E-state index contributed by atoms with van der Waals surface area (Å²) >= 11 is 2.19. The Morgan fingerprint density at radius 2 is 2.06 bits per heavy atom. The lowest BCUT2D eigenvalue weighted by molar-refractivity contribution is 0.0949. The van der Waals surface area contributed by atoms with Crippen molar-refractivity contribution in [1.82, 2.24) is 5.32 Å². The molecule has 0 aliphatic heterocycles. The molecule has 1 aromatic rings. The topological polar surface area (TPSA) is 29.1 Å². The first-order chi connectivity index (χ1) is 7.56. The molecule has 2 nitrogen and oxygen atoms in total. The summed E-state index contributed by atoms with van der Waals surface area (Å²) in [5, 5.41) is 2.58. The highest BCUT2D eigenvalue weighted by Crippen LogP contribution is 2.13. The molecule has 5 heteroatoms. The van der Waals surface area contributed by atoms with E-state index < -0.39 is 17.5 Å². The van der Waals surface area contributed by atoms with E-state index in [4.69, 9.17) is 0 Å². The number of carbonyl (C=O) groups excluding carboxylic acids is 1. The van der Waals surface area contributed by atoms with Gasteiger partial charge in [0.2, 0.25) is 0 Å². The lowest BCUT2D eigenvalue weighted by Crippen LogP contribution is -2.25. The molecule has 0 saturated heterocycles. The summed E-state index contributed by atoms with van der Waals surface area (Å²) in [5.41, 5.74) is 0.160. The van der Waals surface area contributed by atoms with Gasteiger partial charge in [0.25, 0.3) is 5.91 Å². The molecular formula is C11H12F2INO. The third-order valence-corrected chi connectivity index (χ3v) is 2.85. The molecule has 0 spiro atoms. The first kappa shape index (κ1) is 13.3. The number of alkyl halides is 1. The van der Waals surface area contributed by atoms with Crippen molar-refractivity contribution in [2.24, 2.45) is 0 Å². The number of benzene rings is 1. The summed E-state index contributed by atoms with van der Waals surface area (Å²) in [6.45, 7) is 1.99. The van der Waals surface area contributed by atoms with Crippen LogP contribution in [0.1, 0.15) is 22.3 Å². The number of rotatable bonds is 4. The van der Waals surface area contributed by atoms with E-state index in [1.807, 2.05) is 0 Å². The van der Waals surface area contributed by atoms with Gasteiger partial charge in [-0.3, -0.25) is 4.79 Å². The third-order valence-electron chi connectivity index (χ3n) is 2.09. The molecule has 0 aliphatic rings. The highest BCUT2D eigenvalue weighted by atomic mass is 127. The Kier molecular flexibility index (Phi) is 5.11. The fourth-order valence-corrected chi connectivity index (χ4v) is 1.58. The highest BCUT2D eigenvalue weighted by molar-refractivity contribution is 14.1. The maximum Gasteiger partial charge on any atom is 0.254 e. The van der Waals surface area contributed by atoms with Crippen LogP contribution >= 0.6 is 22.6 Å². The van der Waals surface area contributed by atoms with Gasteiger partial charge in [-0.15, -0.1) is 0 Å². The molecule has 1 aromatic carbocycles. The van der Waals surface area contributed by atoms with Crippen LogP contribution in [-0.2, 0) is 0 Å². The molecule has 0 aromatic heterocycles. The van der Waals surface area contributed by atoms with E-state index in [1.54, 1.807) is 0 Å². The van der Waals surface area contributed by atoms with Gasteiger partial charge in [-0.25, -0.2) is 8.78 Å². The molecule has 1 amide bonds. The van der Waals surface area contributed by atoms with Crippen LogP contribution in [0.3, 0.4) is 0 Å². The predicted octanol–water partition coefficient (Wildman–Crippen LogP) is 2.83. The molecule has 1 rings (SSSR count). The summed E-state index contributed by atoms with van der Waals surface area (Å²) in [6.07, 6.45) is 0.827. The number of hydrogen-bond acceptors (Lipinski definition) is 1. The standard InChI is InChI=1S/C11H12F2INO/c1-7-5-8(10(13)6-9(7)12)11(16)15-4-2-3-14/h5-6H,2-4H2,1H3,(H,15,16). The van der Waals surface area contributed by atoms with Crippen molar-refractivity contribution in [3.63, 3.8) is 0 Å². The van der Waals surface area contributed by atoms with Gasteiger partial charge >= 0.3 is 0 Å². The summed E-state index contributed by atoms with van der Waals surface area (Å²) in [4.78, 5) is 11.5. The molecule has 16 heavy (non-hydrogen) atoms. The van der Waals surface area contributed by atoms with E-state index >= 15 is 0 Å². The van der Waals surface area contributed by atoms with Crippen molar-refractivity contribution in [2.45, 2.75) is 13.3 Å². The molecule has 0 atom stereocenters. The van der Waals surface area contributed by atoms with Crippen LogP contribution in [0.25, 0.3) is 0 Å². The first-order valence-electron chi connectivity index (χ1n) is 4.86. The smallest absolute Gasteiger partial charge is 0.254 e. The SMILES string of the molecule is Cc1cc(C(=O)NCCCI)c(F)cc1F. The minimum Gasteiger partial charge on any atom is -0.352 e. The van der Waals surface area contributed by atoms with Crippen molar-refractivity contribution in [3.8, 4) is 0 Å². The van der Waals surface area contributed by atoms with Gasteiger partial charge in [0.15, 0.2) is 0 Å². The Bertz CT molecular complexity index is 396. The summed E-state index contributed by atoms with van der Waals surface area (Å²) in [7, 11) is 0. The minimum atomic E-state index is -0.824. The number of halogens is 3. The quantitative estimate of drug-likeness (QED) is 0.510. The summed E-state index contributed by atoms with van der Waals surface area (Å²) < 4.78 is 27.2. The largest absolute Gasteiger partial charge is 0.352 e. The molecule has 0 saturated carbocycles. The van der Waals surface area contributed by atoms with E-state index in [0.717, 1.165) is 16.9 Å². The fraction of sp³-hybridized carbons (Fsp3) is 0.364. The average molecular weight is 339 g/mol. The summed E-state index contributed by atoms with van der Waals surface area (Å²) in [6, 6.07) is 1.96. The van der Waals surface area contributed by atoms with Gasteiger partial charge in [0.05, 0.1) is 5.56 Å². The van der Waals surface area contributed by atoms with Crippen LogP contribution in [0.15, 0.2) is 12.1 Å². The van der Waals surface area contributed by atoms with Gasteiger partial charge in [-0.2, -0.15) is 0 Å². The zero-order chi connectivity index (χ0) is 12.1. The van der Waals surface area contributed by atoms with Crippen LogP contribution in [0.5, 0.6) is 0 Å². The molecule has 1 N–H and O–H groups in total. The number of aryl methyl sites for hydroxylation is 1. The second-order valence-corrected chi connectivity index (χ2v) is 4.46. The van der Waals surface area contributed by atoms with E-state index in [-0.39, 0.29) is 11.1 Å². The molecule has 0 bridgehead atoms. The Morgan fingerprint density at radius 3 is 2.69 bits per heavy atom. The van der Waals surface area contributed by atoms with Gasteiger partial charge in [-0.05, 0) is 25.0 Å². The Balaban J connectivity index is 2.79. The molecular weight excluding hydrogens is 327 g/mol. The molecule has 0 aliphatic carbocycles. The molecule has 0 heterocycles. The lowest BCUT2D eigenvalue weighted by Gasteiger charge is -2.06. The van der Waals surface area contributed by atoms with Gasteiger partial charge in [0.1, 0.15) is 11.6 Å². The number of carbonyl (C=O) groups is 1. The monoisotopic (exact) mass is 339 g/mol. The first-order valence-corrected chi connectivity index (χ1v) is 6.38. The van der Waals surface area contributed by atoms with Crippen molar-refractivity contribution in [1.29, 1.82) is 0 Å². The number of amides is 1. The van der Waals surface area contributed by atoms with E-state index in [1.165, 1.54) is 13.0 Å². The maximum absolute atomic E-state index is 13.3. The second-order valence-electron chi connectivity index (χ2n) is 3.38. The average Bonchev–Trinajstić information content (AvgIpc) is 2.23. The Hall–Kier alpha value is -0.720. The minimum absolute atomic E-state index is 0.104. The summed E-state index contributed by atoms with van der Waals surface area (Å²) in [5.74, 6) is -1.96. The van der Waals surface area contributed by atoms with Crippen LogP contribution in [0, 0.1) is 18.6 Å².